The maximum Gasteiger partial charge on any atom is 0.338 e. The van der Waals surface area contributed by atoms with Gasteiger partial charge < -0.3 is 4.74 Å². The molecule has 3 heterocycles. The first-order chi connectivity index (χ1) is 14.5. The van der Waals surface area contributed by atoms with E-state index in [1.807, 2.05) is 6.07 Å². The van der Waals surface area contributed by atoms with Crippen molar-refractivity contribution < 1.29 is 13.9 Å². The summed E-state index contributed by atoms with van der Waals surface area (Å²) in [5.41, 5.74) is 1.83. The Morgan fingerprint density at radius 3 is 2.73 bits per heavy atom. The lowest BCUT2D eigenvalue weighted by atomic mass is 9.96. The summed E-state index contributed by atoms with van der Waals surface area (Å²) < 4.78 is 20.7. The molecule has 1 aliphatic rings. The minimum absolute atomic E-state index is 0.192. The Hall–Kier alpha value is -3.39. The normalized spacial score (nSPS) is 16.2. The van der Waals surface area contributed by atoms with Gasteiger partial charge in [0.15, 0.2) is 4.80 Å². The number of thiazole rings is 1. The Morgan fingerprint density at radius 1 is 1.30 bits per heavy atom. The van der Waals surface area contributed by atoms with E-state index in [-0.39, 0.29) is 17.7 Å². The van der Waals surface area contributed by atoms with Crippen LogP contribution in [0.5, 0.6) is 0 Å². The third-order valence-corrected chi connectivity index (χ3v) is 5.67. The molecule has 8 heteroatoms. The first-order valence-corrected chi connectivity index (χ1v) is 10.2. The molecule has 1 aromatic carbocycles. The zero-order valence-electron chi connectivity index (χ0n) is 16.3. The van der Waals surface area contributed by atoms with Crippen molar-refractivity contribution in [3.63, 3.8) is 0 Å². The molecule has 30 heavy (non-hydrogen) atoms. The lowest BCUT2D eigenvalue weighted by molar-refractivity contribution is -0.139. The average molecular weight is 423 g/mol. The van der Waals surface area contributed by atoms with Crippen molar-refractivity contribution in [1.82, 2.24) is 9.55 Å². The molecule has 0 amide bonds. The number of carbonyl (C=O) groups excluding carboxylic acids is 1. The highest BCUT2D eigenvalue weighted by atomic mass is 32.1. The molecule has 0 N–H and O–H groups in total. The number of rotatable bonds is 4. The van der Waals surface area contributed by atoms with Crippen molar-refractivity contribution in [3.05, 3.63) is 96.7 Å². The standard InChI is InChI=1S/C22H18FN3O3S/c1-3-29-21(28)18-13(2)25-22-26(19(18)15-6-8-16(23)9-7-15)20(27)17(30-22)11-14-5-4-10-24-12-14/h4-12,19H,3H2,1-2H3/b17-11-/t19-/m1/s1. The predicted molar refractivity (Wildman–Crippen MR) is 111 cm³/mol. The number of hydrogen-bond acceptors (Lipinski definition) is 6. The fourth-order valence-electron chi connectivity index (χ4n) is 3.36. The fourth-order valence-corrected chi connectivity index (χ4v) is 4.41. The number of pyridine rings is 1. The van der Waals surface area contributed by atoms with Crippen LogP contribution in [0.2, 0.25) is 0 Å². The van der Waals surface area contributed by atoms with Crippen LogP contribution in [-0.2, 0) is 9.53 Å². The molecule has 3 aromatic rings. The Morgan fingerprint density at radius 2 is 2.07 bits per heavy atom. The van der Waals surface area contributed by atoms with Gasteiger partial charge in [0, 0.05) is 12.4 Å². The summed E-state index contributed by atoms with van der Waals surface area (Å²) in [5.74, 6) is -0.948. The highest BCUT2D eigenvalue weighted by Crippen LogP contribution is 2.30. The van der Waals surface area contributed by atoms with E-state index in [1.165, 1.54) is 28.0 Å². The van der Waals surface area contributed by atoms with E-state index < -0.39 is 17.8 Å². The molecule has 0 aliphatic carbocycles. The molecule has 0 unspecified atom stereocenters. The molecule has 0 saturated heterocycles. The van der Waals surface area contributed by atoms with Crippen LogP contribution in [0.25, 0.3) is 6.08 Å². The summed E-state index contributed by atoms with van der Waals surface area (Å²) >= 11 is 1.23. The van der Waals surface area contributed by atoms with Gasteiger partial charge in [0.2, 0.25) is 0 Å². The van der Waals surface area contributed by atoms with E-state index in [0.717, 1.165) is 5.56 Å². The van der Waals surface area contributed by atoms with Crippen molar-refractivity contribution in [1.29, 1.82) is 0 Å². The predicted octanol–water partition coefficient (Wildman–Crippen LogP) is 2.33. The van der Waals surface area contributed by atoms with E-state index in [1.54, 1.807) is 50.5 Å². The van der Waals surface area contributed by atoms with Gasteiger partial charge in [0.25, 0.3) is 5.56 Å². The average Bonchev–Trinajstić information content (AvgIpc) is 3.03. The van der Waals surface area contributed by atoms with Gasteiger partial charge in [0.05, 0.1) is 28.5 Å². The molecule has 152 valence electrons. The zero-order chi connectivity index (χ0) is 21.3. The molecule has 0 radical (unpaired) electrons. The van der Waals surface area contributed by atoms with E-state index in [2.05, 4.69) is 9.98 Å². The topological polar surface area (TPSA) is 73.6 Å². The highest BCUT2D eigenvalue weighted by molar-refractivity contribution is 7.07. The summed E-state index contributed by atoms with van der Waals surface area (Å²) in [4.78, 5) is 35.1. The van der Waals surface area contributed by atoms with Crippen LogP contribution in [-0.4, -0.2) is 22.1 Å². The lowest BCUT2D eigenvalue weighted by Crippen LogP contribution is -2.39. The second-order valence-electron chi connectivity index (χ2n) is 6.64. The van der Waals surface area contributed by atoms with Gasteiger partial charge in [-0.3, -0.25) is 14.3 Å². The molecule has 0 spiro atoms. The summed E-state index contributed by atoms with van der Waals surface area (Å²) in [6, 6.07) is 8.62. The zero-order valence-corrected chi connectivity index (χ0v) is 17.1. The van der Waals surface area contributed by atoms with Crippen LogP contribution in [0.4, 0.5) is 4.39 Å². The van der Waals surface area contributed by atoms with Gasteiger partial charge in [-0.05, 0) is 49.2 Å². The van der Waals surface area contributed by atoms with Crippen molar-refractivity contribution in [2.24, 2.45) is 4.99 Å². The number of aromatic nitrogens is 2. The van der Waals surface area contributed by atoms with Crippen molar-refractivity contribution in [3.8, 4) is 0 Å². The van der Waals surface area contributed by atoms with Crippen molar-refractivity contribution in [2.75, 3.05) is 6.61 Å². The van der Waals surface area contributed by atoms with Crippen molar-refractivity contribution in [2.45, 2.75) is 19.9 Å². The maximum absolute atomic E-state index is 13.5. The van der Waals surface area contributed by atoms with E-state index >= 15 is 0 Å². The van der Waals surface area contributed by atoms with Gasteiger partial charge in [-0.1, -0.05) is 29.5 Å². The first-order valence-electron chi connectivity index (χ1n) is 9.34. The molecule has 1 atom stereocenters. The van der Waals surface area contributed by atoms with Crippen LogP contribution < -0.4 is 14.9 Å². The van der Waals surface area contributed by atoms with Gasteiger partial charge in [-0.2, -0.15) is 0 Å². The Bertz CT molecular complexity index is 1310. The monoisotopic (exact) mass is 423 g/mol. The summed E-state index contributed by atoms with van der Waals surface area (Å²) in [6.07, 6.45) is 5.05. The first kappa shape index (κ1) is 19.9. The second-order valence-corrected chi connectivity index (χ2v) is 7.65. The number of allylic oxidation sites excluding steroid dienone is 1. The fraction of sp³-hybridized carbons (Fsp3) is 0.182. The molecular weight excluding hydrogens is 405 g/mol. The largest absolute Gasteiger partial charge is 0.463 e. The lowest BCUT2D eigenvalue weighted by Gasteiger charge is -2.24. The van der Waals surface area contributed by atoms with Crippen LogP contribution in [0.3, 0.4) is 0 Å². The Labute approximate surface area is 175 Å². The number of halogens is 1. The van der Waals surface area contributed by atoms with Gasteiger partial charge in [-0.25, -0.2) is 14.2 Å². The molecule has 0 bridgehead atoms. The molecule has 0 saturated carbocycles. The molecule has 6 nitrogen and oxygen atoms in total. The molecule has 2 aromatic heterocycles. The smallest absolute Gasteiger partial charge is 0.338 e. The number of carbonyl (C=O) groups is 1. The number of nitrogens with zero attached hydrogens (tertiary/aromatic N) is 3. The van der Waals surface area contributed by atoms with Crippen LogP contribution >= 0.6 is 11.3 Å². The van der Waals surface area contributed by atoms with E-state index in [9.17, 15) is 14.0 Å². The number of fused-ring (bicyclic) bond motifs is 1. The molecule has 0 fully saturated rings. The molecule has 4 rings (SSSR count). The van der Waals surface area contributed by atoms with Crippen LogP contribution in [0.15, 0.2) is 69.8 Å². The quantitative estimate of drug-likeness (QED) is 0.604. The van der Waals surface area contributed by atoms with E-state index in [0.29, 0.717) is 20.6 Å². The Kier molecular flexibility index (Phi) is 5.41. The minimum Gasteiger partial charge on any atom is -0.463 e. The minimum atomic E-state index is -0.753. The Balaban J connectivity index is 1.96. The number of ether oxygens (including phenoxy) is 1. The van der Waals surface area contributed by atoms with Crippen LogP contribution in [0, 0.1) is 5.82 Å². The van der Waals surface area contributed by atoms with E-state index in [4.69, 9.17) is 4.74 Å². The SMILES string of the molecule is CCOC(=O)C1=C(C)N=c2s/c(=C\c3cccnc3)c(=O)n2[C@@H]1c1ccc(F)cc1. The van der Waals surface area contributed by atoms with Gasteiger partial charge in [-0.15, -0.1) is 0 Å². The summed E-state index contributed by atoms with van der Waals surface area (Å²) in [6.45, 7) is 3.61. The summed E-state index contributed by atoms with van der Waals surface area (Å²) in [5, 5.41) is 0. The van der Waals surface area contributed by atoms with Gasteiger partial charge in [0.1, 0.15) is 5.82 Å². The van der Waals surface area contributed by atoms with Crippen molar-refractivity contribution >= 4 is 23.4 Å². The highest BCUT2D eigenvalue weighted by Gasteiger charge is 2.33. The number of hydrogen-bond donors (Lipinski definition) is 0. The molecular formula is C22H18FN3O3S. The third-order valence-electron chi connectivity index (χ3n) is 4.68. The number of esters is 1. The van der Waals surface area contributed by atoms with Crippen LogP contribution in [0.1, 0.15) is 31.0 Å². The third kappa shape index (κ3) is 3.61. The van der Waals surface area contributed by atoms with Gasteiger partial charge >= 0.3 is 5.97 Å². The summed E-state index contributed by atoms with van der Waals surface area (Å²) in [7, 11) is 0. The molecule has 1 aliphatic heterocycles. The second kappa shape index (κ2) is 8.16. The maximum atomic E-state index is 13.5. The number of benzene rings is 1.